The number of halogens is 2. The molecule has 0 aliphatic heterocycles. The lowest BCUT2D eigenvalue weighted by atomic mass is 10.0. The number of hydrogen-bond donors (Lipinski definition) is 8. The number of aromatic nitrogens is 20. The van der Waals surface area contributed by atoms with Crippen molar-refractivity contribution in [3.05, 3.63) is 355 Å². The van der Waals surface area contributed by atoms with Gasteiger partial charge in [0.2, 0.25) is 0 Å². The summed E-state index contributed by atoms with van der Waals surface area (Å²) in [6.45, 7) is 14.3. The Bertz CT molecular complexity index is 7570. The van der Waals surface area contributed by atoms with Crippen LogP contribution in [0.1, 0.15) is 96.8 Å². The number of para-hydroxylation sites is 4. The van der Waals surface area contributed by atoms with Gasteiger partial charge < -0.3 is 41.2 Å². The van der Waals surface area contributed by atoms with Crippen molar-refractivity contribution < 1.29 is 8.78 Å². The number of anilines is 4. The smallest absolute Gasteiger partial charge is 0.263 e. The highest BCUT2D eigenvalue weighted by molar-refractivity contribution is 5.90. The average Bonchev–Trinajstić information content (AvgIpc) is 1.59. The molecule has 0 radical (unpaired) electrons. The molecular formula is C93H80F2N24O4. The van der Waals surface area contributed by atoms with Crippen molar-refractivity contribution in [1.29, 1.82) is 0 Å². The molecule has 20 rings (SSSR count). The molecular weight excluding hydrogens is 1560 g/mol. The van der Waals surface area contributed by atoms with E-state index in [1.807, 2.05) is 203 Å². The van der Waals surface area contributed by atoms with Gasteiger partial charge in [-0.2, -0.15) is 0 Å². The summed E-state index contributed by atoms with van der Waals surface area (Å²) in [5.41, 5.74) is 13.4. The zero-order valence-electron chi connectivity index (χ0n) is 67.6. The Labute approximate surface area is 699 Å². The third-order valence-corrected chi connectivity index (χ3v) is 21.7. The zero-order valence-corrected chi connectivity index (χ0v) is 67.6. The quantitative estimate of drug-likeness (QED) is 0.0395. The van der Waals surface area contributed by atoms with E-state index in [4.69, 9.17) is 0 Å². The fraction of sp³-hybridized carbons (Fsp3) is 0.140. The van der Waals surface area contributed by atoms with Gasteiger partial charge in [0.25, 0.3) is 22.2 Å². The lowest BCUT2D eigenvalue weighted by Crippen LogP contribution is -2.28. The van der Waals surface area contributed by atoms with Gasteiger partial charge in [0.05, 0.1) is 66.4 Å². The molecule has 610 valence electrons. The van der Waals surface area contributed by atoms with Crippen LogP contribution in [0, 0.1) is 39.3 Å². The van der Waals surface area contributed by atoms with E-state index < -0.39 is 28.9 Å². The van der Waals surface area contributed by atoms with E-state index in [0.717, 1.165) is 118 Å². The Kier molecular flexibility index (Phi) is 22.2. The minimum Gasteiger partial charge on any atom is -0.363 e. The van der Waals surface area contributed by atoms with Gasteiger partial charge in [-0.15, -0.1) is 0 Å². The lowest BCUT2D eigenvalue weighted by Gasteiger charge is -2.24. The molecule has 3 atom stereocenters. The van der Waals surface area contributed by atoms with Crippen LogP contribution in [0.2, 0.25) is 0 Å². The number of pyridine rings is 4. The van der Waals surface area contributed by atoms with Gasteiger partial charge in [0.1, 0.15) is 64.7 Å². The predicted molar refractivity (Wildman–Crippen MR) is 476 cm³/mol. The third kappa shape index (κ3) is 15.6. The number of hydrogen-bond acceptors (Lipinski definition) is 20. The Morgan fingerprint density at radius 1 is 0.350 bits per heavy atom. The highest BCUT2D eigenvalue weighted by Gasteiger charge is 2.27. The summed E-state index contributed by atoms with van der Waals surface area (Å²) in [6.07, 6.45) is 13.4. The summed E-state index contributed by atoms with van der Waals surface area (Å²) in [7, 11) is 0. The molecule has 0 saturated carbocycles. The second-order valence-electron chi connectivity index (χ2n) is 29.4. The van der Waals surface area contributed by atoms with Gasteiger partial charge in [-0.3, -0.25) is 37.4 Å². The molecule has 0 saturated heterocycles. The standard InChI is InChI=1S/C24H20F2N6O.C24H22N6O.C23H20N6O.C22H18N6O/c1-3-17(31-23-20-22(28-11-27-20)29-12-30-23)18-10-14-7-4-6-13(2)19(14)24(33)32(18)21-15(25)8-5-9-16(21)26;1-14-6-5-9-17-10-18(11-25-22-20-23(27-12-26-20)29-13-28-22)30(24(31)19(14)17)21-15(2)7-4-8-16(21)3;1-2-18(28-22-20-21(25-13-24-20)26-14-27-22)19-12-15-8-6-7-11-17(15)23(30)29(19)16-9-4-3-5-10-16;1-14(27-21-19-20(24-12-23-19)25-13-26-21)18-11-15-7-5-6-10-17(15)22(29)28(18)16-8-3-2-4-9-16/h4-12,17H,3H2,1-2H3,(H2,27,28,29,30,31);4-10,12-13H,11H2,1-3H3,(H2,25,26,27,28,29);3-14,18H,2H2,1H3,(H2,24,25,26,27,28);2-14H,1H3,(H2,23,24,25,26,27). The summed E-state index contributed by atoms with van der Waals surface area (Å²) in [6, 6.07) is 62.9. The van der Waals surface area contributed by atoms with Crippen molar-refractivity contribution in [3.8, 4) is 22.7 Å². The fourth-order valence-electron chi connectivity index (χ4n) is 15.8. The molecule has 123 heavy (non-hydrogen) atoms. The maximum Gasteiger partial charge on any atom is 0.263 e. The van der Waals surface area contributed by atoms with Gasteiger partial charge >= 0.3 is 0 Å². The van der Waals surface area contributed by atoms with Crippen molar-refractivity contribution >= 4 is 111 Å². The number of nitrogens with one attached hydrogen (secondary N) is 8. The van der Waals surface area contributed by atoms with E-state index in [9.17, 15) is 28.0 Å². The Balaban J connectivity index is 0.000000116. The Morgan fingerprint density at radius 3 is 1.20 bits per heavy atom. The first kappa shape index (κ1) is 79.3. The third-order valence-electron chi connectivity index (χ3n) is 21.7. The lowest BCUT2D eigenvalue weighted by molar-refractivity contribution is 0.558. The summed E-state index contributed by atoms with van der Waals surface area (Å²) in [5, 5.41) is 19.5. The van der Waals surface area contributed by atoms with E-state index >= 15 is 0 Å². The molecule has 3 unspecified atom stereocenters. The van der Waals surface area contributed by atoms with Crippen LogP contribution in [0.15, 0.2) is 276 Å². The first-order chi connectivity index (χ1) is 60.0. The summed E-state index contributed by atoms with van der Waals surface area (Å²) in [4.78, 5) is 117. The first-order valence-electron chi connectivity index (χ1n) is 39.8. The number of aryl methyl sites for hydroxylation is 4. The molecule has 28 nitrogen and oxygen atoms in total. The number of fused-ring (bicyclic) bond motifs is 8. The van der Waals surface area contributed by atoms with Crippen molar-refractivity contribution in [1.82, 2.24) is 98.0 Å². The van der Waals surface area contributed by atoms with E-state index in [0.29, 0.717) is 91.6 Å². The van der Waals surface area contributed by atoms with Crippen molar-refractivity contribution in [2.75, 3.05) is 21.3 Å². The van der Waals surface area contributed by atoms with Crippen molar-refractivity contribution in [2.24, 2.45) is 0 Å². The van der Waals surface area contributed by atoms with Crippen molar-refractivity contribution in [3.63, 3.8) is 0 Å². The molecule has 8 aromatic carbocycles. The molecule has 30 heteroatoms. The Morgan fingerprint density at radius 2 is 0.715 bits per heavy atom. The molecule has 8 N–H and O–H groups in total. The molecule has 12 heterocycles. The second-order valence-corrected chi connectivity index (χ2v) is 29.4. The summed E-state index contributed by atoms with van der Waals surface area (Å²) >= 11 is 0. The minimum atomic E-state index is -0.820. The second kappa shape index (κ2) is 34.4. The van der Waals surface area contributed by atoms with Gasteiger partial charge in [0.15, 0.2) is 45.9 Å². The number of nitrogens with zero attached hydrogens (tertiary/aromatic N) is 16. The average molecular weight is 1640 g/mol. The van der Waals surface area contributed by atoms with Crippen LogP contribution in [-0.4, -0.2) is 98.0 Å². The molecule has 0 fully saturated rings. The van der Waals surface area contributed by atoms with Crippen LogP contribution in [0.4, 0.5) is 32.1 Å². The number of imidazole rings is 4. The van der Waals surface area contributed by atoms with Crippen LogP contribution in [0.5, 0.6) is 0 Å². The van der Waals surface area contributed by atoms with Crippen LogP contribution in [-0.2, 0) is 6.54 Å². The minimum absolute atomic E-state index is 0.0147. The van der Waals surface area contributed by atoms with Crippen LogP contribution >= 0.6 is 0 Å². The topological polar surface area (TPSA) is 354 Å². The maximum atomic E-state index is 14.9. The number of rotatable bonds is 18. The Hall–Kier alpha value is -16.1. The first-order valence-corrected chi connectivity index (χ1v) is 39.8. The summed E-state index contributed by atoms with van der Waals surface area (Å²) < 4.78 is 36.3. The molecule has 0 amide bonds. The highest BCUT2D eigenvalue weighted by atomic mass is 19.1. The zero-order chi connectivity index (χ0) is 84.9. The van der Waals surface area contributed by atoms with Gasteiger partial charge in [-0.25, -0.2) is 68.6 Å². The van der Waals surface area contributed by atoms with Gasteiger partial charge in [0, 0.05) is 44.9 Å². The van der Waals surface area contributed by atoms with Crippen molar-refractivity contribution in [2.45, 2.75) is 86.0 Å². The van der Waals surface area contributed by atoms with Crippen LogP contribution < -0.4 is 43.5 Å². The van der Waals surface area contributed by atoms with E-state index in [1.165, 1.54) is 37.7 Å². The molecule has 0 aliphatic rings. The summed E-state index contributed by atoms with van der Waals surface area (Å²) in [5.74, 6) is 0.775. The molecule has 12 aromatic heterocycles. The maximum absolute atomic E-state index is 14.9. The van der Waals surface area contributed by atoms with Crippen LogP contribution in [0.25, 0.3) is 110 Å². The molecule has 0 spiro atoms. The SMILES string of the molecule is CC(Nc1ncnc2nc[nH]c12)c1cc2ccccc2c(=O)n1-c1ccccc1.CCC(Nc1ncnc2nc[nH]c12)c1cc2cccc(C)c2c(=O)n1-c1c(F)cccc1F.CCC(Nc1ncnc2nc[nH]c12)c1cc2ccccc2c(=O)n1-c1ccccc1.Cc1cccc(C)c1-n1c(CNc2ncnc3nc[nH]c23)cc2cccc(C)c2c1=O. The van der Waals surface area contributed by atoms with E-state index in [2.05, 4.69) is 120 Å². The fourth-order valence-corrected chi connectivity index (χ4v) is 15.8. The molecule has 0 bridgehead atoms. The van der Waals surface area contributed by atoms with Gasteiger partial charge in [-0.05, 0) is 164 Å². The molecule has 0 aliphatic carbocycles. The van der Waals surface area contributed by atoms with Crippen LogP contribution in [0.3, 0.4) is 0 Å². The van der Waals surface area contributed by atoms with E-state index in [-0.39, 0.29) is 28.8 Å². The molecule has 20 aromatic rings. The van der Waals surface area contributed by atoms with Gasteiger partial charge in [-0.1, -0.05) is 147 Å². The largest absolute Gasteiger partial charge is 0.363 e. The van der Waals surface area contributed by atoms with E-state index in [1.54, 1.807) is 47.2 Å². The predicted octanol–water partition coefficient (Wildman–Crippen LogP) is 17.1. The number of benzene rings is 8. The monoisotopic (exact) mass is 1630 g/mol. The number of H-pyrrole nitrogens is 4. The number of aromatic amines is 4. The highest BCUT2D eigenvalue weighted by Crippen LogP contribution is 2.34. The normalized spacial score (nSPS) is 12.1.